The fourth-order valence-corrected chi connectivity index (χ4v) is 1.31. The van der Waals surface area contributed by atoms with Gasteiger partial charge in [0, 0.05) is 0 Å². The molecule has 10 heteroatoms. The van der Waals surface area contributed by atoms with Crippen molar-refractivity contribution in [2.75, 3.05) is 0 Å². The molecular formula is C10H6ClF7N2. The highest BCUT2D eigenvalue weighted by Crippen LogP contribution is 2.35. The summed E-state index contributed by atoms with van der Waals surface area (Å²) in [5, 5.41) is -0.646. The van der Waals surface area contributed by atoms with E-state index in [0.717, 1.165) is 0 Å². The van der Waals surface area contributed by atoms with E-state index in [1.54, 1.807) is 0 Å². The minimum atomic E-state index is -4.70. The standard InChI is InChI=1S/C10H6ClF7N2/c11-5-3-4(10(16,17)18)1-2-6(5)20-8(19)9(14,15)7(12)13/h1-3,7H,(H2,19,20). The van der Waals surface area contributed by atoms with E-state index in [4.69, 9.17) is 17.3 Å². The molecule has 1 aromatic carbocycles. The summed E-state index contributed by atoms with van der Waals surface area (Å²) in [5.74, 6) is -6.44. The van der Waals surface area contributed by atoms with Gasteiger partial charge in [-0.2, -0.15) is 22.0 Å². The Morgan fingerprint density at radius 1 is 1.15 bits per heavy atom. The number of halogens is 8. The van der Waals surface area contributed by atoms with Crippen LogP contribution < -0.4 is 5.73 Å². The third-order valence-corrected chi connectivity index (χ3v) is 2.43. The zero-order valence-corrected chi connectivity index (χ0v) is 10.1. The highest BCUT2D eigenvalue weighted by Gasteiger charge is 2.45. The molecule has 1 aromatic rings. The van der Waals surface area contributed by atoms with Gasteiger partial charge in [-0.1, -0.05) is 11.6 Å². The van der Waals surface area contributed by atoms with Crippen molar-refractivity contribution in [2.24, 2.45) is 10.7 Å². The highest BCUT2D eigenvalue weighted by atomic mass is 35.5. The normalized spacial score (nSPS) is 13.9. The van der Waals surface area contributed by atoms with Gasteiger partial charge in [0.05, 0.1) is 16.3 Å². The maximum Gasteiger partial charge on any atom is 0.416 e. The minimum absolute atomic E-state index is 0.425. The summed E-state index contributed by atoms with van der Waals surface area (Å²) in [6.45, 7) is 0. The van der Waals surface area contributed by atoms with Gasteiger partial charge in [-0.15, -0.1) is 0 Å². The molecule has 0 saturated carbocycles. The number of benzene rings is 1. The van der Waals surface area contributed by atoms with Gasteiger partial charge in [0.1, 0.15) is 0 Å². The lowest BCUT2D eigenvalue weighted by molar-refractivity contribution is -0.137. The number of alkyl halides is 7. The van der Waals surface area contributed by atoms with E-state index in [1.165, 1.54) is 0 Å². The van der Waals surface area contributed by atoms with Crippen LogP contribution in [0.4, 0.5) is 36.4 Å². The molecule has 0 aromatic heterocycles. The fraction of sp³-hybridized carbons (Fsp3) is 0.300. The molecule has 0 heterocycles. The summed E-state index contributed by atoms with van der Waals surface area (Å²) in [4.78, 5) is 2.94. The molecule has 0 amide bonds. The Hall–Kier alpha value is -1.51. The lowest BCUT2D eigenvalue weighted by Gasteiger charge is -2.14. The molecule has 112 valence electrons. The van der Waals surface area contributed by atoms with Crippen molar-refractivity contribution >= 4 is 23.1 Å². The van der Waals surface area contributed by atoms with Crippen molar-refractivity contribution in [3.63, 3.8) is 0 Å². The minimum Gasteiger partial charge on any atom is -0.382 e. The van der Waals surface area contributed by atoms with Gasteiger partial charge >= 0.3 is 18.5 Å². The average Bonchev–Trinajstić information content (AvgIpc) is 2.29. The van der Waals surface area contributed by atoms with Gasteiger partial charge in [-0.3, -0.25) is 0 Å². The second-order valence-electron chi connectivity index (χ2n) is 3.58. The monoisotopic (exact) mass is 322 g/mol. The van der Waals surface area contributed by atoms with Crippen molar-refractivity contribution in [2.45, 2.75) is 18.5 Å². The molecule has 0 aliphatic rings. The van der Waals surface area contributed by atoms with Crippen LogP contribution in [0.1, 0.15) is 5.56 Å². The van der Waals surface area contributed by atoms with Crippen LogP contribution in [-0.4, -0.2) is 18.2 Å². The van der Waals surface area contributed by atoms with Crippen LogP contribution in [0, 0.1) is 0 Å². The number of aliphatic imine (C=N–C) groups is 1. The lowest BCUT2D eigenvalue weighted by atomic mass is 10.2. The molecule has 0 unspecified atom stereocenters. The Bertz CT molecular complexity index is 525. The van der Waals surface area contributed by atoms with Crippen molar-refractivity contribution < 1.29 is 30.7 Å². The van der Waals surface area contributed by atoms with E-state index in [0.29, 0.717) is 18.2 Å². The number of rotatable bonds is 3. The van der Waals surface area contributed by atoms with Crippen LogP contribution in [0.5, 0.6) is 0 Å². The molecule has 20 heavy (non-hydrogen) atoms. The lowest BCUT2D eigenvalue weighted by Crippen LogP contribution is -2.41. The Balaban J connectivity index is 3.17. The first-order chi connectivity index (χ1) is 8.96. The smallest absolute Gasteiger partial charge is 0.382 e. The molecule has 0 spiro atoms. The molecular weight excluding hydrogens is 317 g/mol. The summed E-state index contributed by atoms with van der Waals surface area (Å²) in [7, 11) is 0. The summed E-state index contributed by atoms with van der Waals surface area (Å²) in [6.07, 6.45) is -8.79. The molecule has 2 N–H and O–H groups in total. The first-order valence-electron chi connectivity index (χ1n) is 4.83. The second kappa shape index (κ2) is 5.47. The Morgan fingerprint density at radius 2 is 1.70 bits per heavy atom. The predicted octanol–water partition coefficient (Wildman–Crippen LogP) is 4.25. The number of amidine groups is 1. The Labute approximate surface area is 113 Å². The van der Waals surface area contributed by atoms with Crippen LogP contribution in [0.25, 0.3) is 0 Å². The van der Waals surface area contributed by atoms with E-state index >= 15 is 0 Å². The second-order valence-corrected chi connectivity index (χ2v) is 3.99. The number of hydrogen-bond acceptors (Lipinski definition) is 1. The van der Waals surface area contributed by atoms with Crippen molar-refractivity contribution in [3.8, 4) is 0 Å². The summed E-state index contributed by atoms with van der Waals surface area (Å²) < 4.78 is 86.5. The molecule has 2 nitrogen and oxygen atoms in total. The van der Waals surface area contributed by atoms with E-state index in [9.17, 15) is 30.7 Å². The van der Waals surface area contributed by atoms with E-state index in [-0.39, 0.29) is 0 Å². The van der Waals surface area contributed by atoms with Gasteiger partial charge in [-0.25, -0.2) is 13.8 Å². The van der Waals surface area contributed by atoms with E-state index in [1.807, 2.05) is 0 Å². The van der Waals surface area contributed by atoms with Gasteiger partial charge < -0.3 is 5.73 Å². The summed E-state index contributed by atoms with van der Waals surface area (Å²) in [5.41, 5.74) is 3.01. The third-order valence-electron chi connectivity index (χ3n) is 2.13. The fourth-order valence-electron chi connectivity index (χ4n) is 1.09. The molecule has 0 radical (unpaired) electrons. The SMILES string of the molecule is NC(=Nc1ccc(C(F)(F)F)cc1Cl)C(F)(F)C(F)F. The van der Waals surface area contributed by atoms with Gasteiger partial charge in [0.15, 0.2) is 5.84 Å². The summed E-state index contributed by atoms with van der Waals surface area (Å²) in [6, 6.07) is 1.59. The van der Waals surface area contributed by atoms with Crippen molar-refractivity contribution in [3.05, 3.63) is 28.8 Å². The van der Waals surface area contributed by atoms with Crippen LogP contribution in [-0.2, 0) is 6.18 Å². The molecule has 0 fully saturated rings. The van der Waals surface area contributed by atoms with Crippen molar-refractivity contribution in [1.82, 2.24) is 0 Å². The molecule has 0 saturated heterocycles. The van der Waals surface area contributed by atoms with E-state index in [2.05, 4.69) is 4.99 Å². The Morgan fingerprint density at radius 3 is 2.10 bits per heavy atom. The van der Waals surface area contributed by atoms with Gasteiger partial charge in [0.25, 0.3) is 0 Å². The predicted molar refractivity (Wildman–Crippen MR) is 58.7 cm³/mol. The summed E-state index contributed by atoms with van der Waals surface area (Å²) >= 11 is 5.41. The van der Waals surface area contributed by atoms with Crippen LogP contribution in [0.2, 0.25) is 5.02 Å². The largest absolute Gasteiger partial charge is 0.416 e. The third kappa shape index (κ3) is 3.53. The van der Waals surface area contributed by atoms with E-state index < -0.39 is 40.6 Å². The molecule has 1 rings (SSSR count). The molecule has 0 bridgehead atoms. The first-order valence-corrected chi connectivity index (χ1v) is 5.21. The maximum absolute atomic E-state index is 12.8. The first kappa shape index (κ1) is 16.5. The zero-order valence-electron chi connectivity index (χ0n) is 9.36. The quantitative estimate of drug-likeness (QED) is 0.504. The van der Waals surface area contributed by atoms with Crippen LogP contribution in [0.3, 0.4) is 0 Å². The molecule has 0 atom stereocenters. The van der Waals surface area contributed by atoms with Crippen molar-refractivity contribution in [1.29, 1.82) is 0 Å². The Kier molecular flexibility index (Phi) is 4.52. The maximum atomic E-state index is 12.8. The number of nitrogens with zero attached hydrogens (tertiary/aromatic N) is 1. The average molecular weight is 323 g/mol. The zero-order chi connectivity index (χ0) is 15.7. The number of hydrogen-bond donors (Lipinski definition) is 1. The molecule has 0 aliphatic heterocycles. The number of nitrogens with two attached hydrogens (primary N) is 1. The molecule has 0 aliphatic carbocycles. The van der Waals surface area contributed by atoms with Gasteiger partial charge in [-0.05, 0) is 18.2 Å². The van der Waals surface area contributed by atoms with Gasteiger partial charge in [0.2, 0.25) is 0 Å². The topological polar surface area (TPSA) is 38.4 Å². The highest BCUT2D eigenvalue weighted by molar-refractivity contribution is 6.33. The van der Waals surface area contributed by atoms with Crippen LogP contribution in [0.15, 0.2) is 23.2 Å². The van der Waals surface area contributed by atoms with Crippen LogP contribution >= 0.6 is 11.6 Å².